The summed E-state index contributed by atoms with van der Waals surface area (Å²) < 4.78 is 5.44. The van der Waals surface area contributed by atoms with Crippen LogP contribution in [0, 0.1) is 5.41 Å². The molecule has 0 atom stereocenters. The van der Waals surface area contributed by atoms with Crippen molar-refractivity contribution in [3.05, 3.63) is 48.6 Å². The normalized spacial score (nSPS) is 12.3. The SMILES string of the molecule is C.C=C.CC.CCOCC(C)(C)CCN1C(=O)c2ccccc2C1=O. The number of rotatable bonds is 6. The number of hydrogen-bond donors (Lipinski definition) is 0. The number of nitrogens with zero attached hydrogens (tertiary/aromatic N) is 1. The van der Waals surface area contributed by atoms with Crippen LogP contribution in [-0.4, -0.2) is 36.5 Å². The van der Waals surface area contributed by atoms with Crippen molar-refractivity contribution in [2.75, 3.05) is 19.8 Å². The molecule has 142 valence electrons. The zero-order chi connectivity index (χ0) is 18.8. The summed E-state index contributed by atoms with van der Waals surface area (Å²) in [6.07, 6.45) is 0.735. The maximum absolute atomic E-state index is 12.2. The lowest BCUT2D eigenvalue weighted by atomic mass is 9.90. The molecule has 1 aromatic rings. The van der Waals surface area contributed by atoms with Crippen LogP contribution in [0.5, 0.6) is 0 Å². The van der Waals surface area contributed by atoms with Gasteiger partial charge in [0, 0.05) is 13.2 Å². The van der Waals surface area contributed by atoms with Gasteiger partial charge in [-0.15, -0.1) is 13.2 Å². The highest BCUT2D eigenvalue weighted by Crippen LogP contribution is 2.26. The van der Waals surface area contributed by atoms with E-state index in [1.807, 2.05) is 20.8 Å². The van der Waals surface area contributed by atoms with Gasteiger partial charge in [-0.25, -0.2) is 0 Å². The summed E-state index contributed by atoms with van der Waals surface area (Å²) in [4.78, 5) is 25.8. The Morgan fingerprint density at radius 2 is 1.48 bits per heavy atom. The number of fused-ring (bicyclic) bond motifs is 1. The summed E-state index contributed by atoms with van der Waals surface area (Å²) in [7, 11) is 0. The fourth-order valence-electron chi connectivity index (χ4n) is 2.31. The Morgan fingerprint density at radius 1 is 1.04 bits per heavy atom. The van der Waals surface area contributed by atoms with E-state index in [0.29, 0.717) is 30.9 Å². The second-order valence-corrected chi connectivity index (χ2v) is 5.86. The number of imide groups is 1. The quantitative estimate of drug-likeness (QED) is 0.524. The van der Waals surface area contributed by atoms with Crippen molar-refractivity contribution in [3.8, 4) is 0 Å². The molecule has 1 aliphatic heterocycles. The van der Waals surface area contributed by atoms with Crippen molar-refractivity contribution in [2.45, 2.75) is 48.5 Å². The van der Waals surface area contributed by atoms with E-state index < -0.39 is 0 Å². The van der Waals surface area contributed by atoms with Crippen LogP contribution in [0.2, 0.25) is 0 Å². The lowest BCUT2D eigenvalue weighted by Crippen LogP contribution is -2.34. The first kappa shape index (κ1) is 25.3. The summed E-state index contributed by atoms with van der Waals surface area (Å²) >= 11 is 0. The number of carbonyl (C=O) groups is 2. The van der Waals surface area contributed by atoms with Crippen LogP contribution in [0.4, 0.5) is 0 Å². The Balaban J connectivity index is 0. The van der Waals surface area contributed by atoms with Gasteiger partial charge >= 0.3 is 0 Å². The van der Waals surface area contributed by atoms with E-state index in [1.165, 1.54) is 4.90 Å². The van der Waals surface area contributed by atoms with Crippen LogP contribution in [0.1, 0.15) is 69.2 Å². The topological polar surface area (TPSA) is 46.6 Å². The smallest absolute Gasteiger partial charge is 0.261 e. The molecule has 0 aromatic heterocycles. The third-order valence-corrected chi connectivity index (χ3v) is 3.59. The Labute approximate surface area is 153 Å². The average Bonchev–Trinajstić information content (AvgIpc) is 2.86. The number of carbonyl (C=O) groups excluding carboxylic acids is 2. The third-order valence-electron chi connectivity index (χ3n) is 3.59. The van der Waals surface area contributed by atoms with Crippen LogP contribution in [0.3, 0.4) is 0 Å². The van der Waals surface area contributed by atoms with E-state index in [9.17, 15) is 9.59 Å². The molecule has 4 heteroatoms. The molecule has 25 heavy (non-hydrogen) atoms. The van der Waals surface area contributed by atoms with Crippen molar-refractivity contribution in [3.63, 3.8) is 0 Å². The van der Waals surface area contributed by atoms with Gasteiger partial charge < -0.3 is 4.74 Å². The average molecular weight is 350 g/mol. The summed E-state index contributed by atoms with van der Waals surface area (Å²) in [6, 6.07) is 6.99. The van der Waals surface area contributed by atoms with E-state index in [1.54, 1.807) is 24.3 Å². The van der Waals surface area contributed by atoms with Gasteiger partial charge in [-0.2, -0.15) is 0 Å². The summed E-state index contributed by atoms with van der Waals surface area (Å²) in [5.41, 5.74) is 0.978. The number of hydrogen-bond acceptors (Lipinski definition) is 3. The molecule has 4 nitrogen and oxygen atoms in total. The first-order chi connectivity index (χ1) is 11.5. The predicted octanol–water partition coefficient (Wildman–Crippen LogP) is 5.20. The summed E-state index contributed by atoms with van der Waals surface area (Å²) in [6.45, 7) is 17.9. The molecule has 0 radical (unpaired) electrons. The second-order valence-electron chi connectivity index (χ2n) is 5.86. The van der Waals surface area contributed by atoms with Gasteiger partial charge in [0.25, 0.3) is 11.8 Å². The summed E-state index contributed by atoms with van der Waals surface area (Å²) in [5.74, 6) is -0.365. The molecule has 0 saturated carbocycles. The Kier molecular flexibility index (Phi) is 12.6. The van der Waals surface area contributed by atoms with Crippen molar-refractivity contribution in [2.24, 2.45) is 5.41 Å². The first-order valence-electron chi connectivity index (χ1n) is 8.49. The highest BCUT2D eigenvalue weighted by molar-refractivity contribution is 6.21. The maximum Gasteiger partial charge on any atom is 0.261 e. The van der Waals surface area contributed by atoms with Crippen LogP contribution in [0.25, 0.3) is 0 Å². The van der Waals surface area contributed by atoms with Crippen molar-refractivity contribution >= 4 is 11.8 Å². The highest BCUT2D eigenvalue weighted by atomic mass is 16.5. The van der Waals surface area contributed by atoms with Crippen molar-refractivity contribution in [1.29, 1.82) is 0 Å². The van der Waals surface area contributed by atoms with Crippen LogP contribution < -0.4 is 0 Å². The van der Waals surface area contributed by atoms with Gasteiger partial charge in [-0.1, -0.05) is 47.3 Å². The number of benzene rings is 1. The molecule has 0 aliphatic carbocycles. The largest absolute Gasteiger partial charge is 0.381 e. The van der Waals surface area contributed by atoms with Crippen molar-refractivity contribution < 1.29 is 14.3 Å². The van der Waals surface area contributed by atoms with E-state index >= 15 is 0 Å². The number of ether oxygens (including phenoxy) is 1. The van der Waals surface area contributed by atoms with Gasteiger partial charge in [0.2, 0.25) is 0 Å². The standard InChI is InChI=1S/C16H21NO3.C2H6.C2H4.CH4/c1-4-20-11-16(2,3)9-10-17-14(18)12-7-5-6-8-13(12)15(17)19;2*1-2;/h5-8H,4,9-11H2,1-3H3;1-2H3;1-2H2;1H4. The fourth-order valence-corrected chi connectivity index (χ4v) is 2.31. The van der Waals surface area contributed by atoms with Gasteiger partial charge in [0.15, 0.2) is 0 Å². The monoisotopic (exact) mass is 349 g/mol. The molecular weight excluding hydrogens is 314 g/mol. The van der Waals surface area contributed by atoms with Crippen LogP contribution in [0.15, 0.2) is 37.4 Å². The van der Waals surface area contributed by atoms with E-state index in [4.69, 9.17) is 4.74 Å². The van der Waals surface area contributed by atoms with E-state index in [-0.39, 0.29) is 24.7 Å². The molecule has 0 N–H and O–H groups in total. The number of amides is 2. The Bertz CT molecular complexity index is 503. The zero-order valence-electron chi connectivity index (χ0n) is 15.7. The lowest BCUT2D eigenvalue weighted by molar-refractivity contribution is 0.0502. The first-order valence-corrected chi connectivity index (χ1v) is 8.49. The molecule has 1 heterocycles. The maximum atomic E-state index is 12.2. The highest BCUT2D eigenvalue weighted by Gasteiger charge is 2.35. The van der Waals surface area contributed by atoms with Crippen LogP contribution >= 0.6 is 0 Å². The minimum absolute atomic E-state index is 0. The summed E-state index contributed by atoms with van der Waals surface area (Å²) in [5, 5.41) is 0. The molecular formula is C21H35NO3. The minimum Gasteiger partial charge on any atom is -0.381 e. The Morgan fingerprint density at radius 3 is 1.88 bits per heavy atom. The minimum atomic E-state index is -0.183. The fraction of sp³-hybridized carbons (Fsp3) is 0.524. The Hall–Kier alpha value is -1.94. The molecule has 1 aromatic carbocycles. The zero-order valence-corrected chi connectivity index (χ0v) is 15.7. The molecule has 2 rings (SSSR count). The lowest BCUT2D eigenvalue weighted by Gasteiger charge is -2.26. The van der Waals surface area contributed by atoms with E-state index in [2.05, 4.69) is 27.0 Å². The van der Waals surface area contributed by atoms with Gasteiger partial charge in [-0.05, 0) is 30.9 Å². The van der Waals surface area contributed by atoms with E-state index in [0.717, 1.165) is 6.42 Å². The van der Waals surface area contributed by atoms with Gasteiger partial charge in [0.1, 0.15) is 0 Å². The molecule has 1 aliphatic rings. The molecule has 0 spiro atoms. The molecule has 0 fully saturated rings. The molecule has 0 saturated heterocycles. The molecule has 0 bridgehead atoms. The molecule has 0 unspecified atom stereocenters. The van der Waals surface area contributed by atoms with Gasteiger partial charge in [-0.3, -0.25) is 14.5 Å². The van der Waals surface area contributed by atoms with Crippen molar-refractivity contribution in [1.82, 2.24) is 4.90 Å². The molecule has 2 amide bonds. The van der Waals surface area contributed by atoms with Gasteiger partial charge in [0.05, 0.1) is 17.7 Å². The van der Waals surface area contributed by atoms with Crippen LogP contribution in [-0.2, 0) is 4.74 Å². The third kappa shape index (κ3) is 6.83. The second kappa shape index (κ2) is 12.4. The predicted molar refractivity (Wildman–Crippen MR) is 106 cm³/mol.